The molecule has 1 rings (SSSR count). The molecule has 18 heavy (non-hydrogen) atoms. The van der Waals surface area contributed by atoms with Crippen LogP contribution in [0.4, 0.5) is 0 Å². The Balaban J connectivity index is 2.60. The summed E-state index contributed by atoms with van der Waals surface area (Å²) in [5, 5.41) is 8.79. The molecule has 0 saturated carbocycles. The van der Waals surface area contributed by atoms with Crippen molar-refractivity contribution in [2.75, 3.05) is 6.54 Å². The monoisotopic (exact) mass is 331 g/mol. The van der Waals surface area contributed by atoms with Crippen LogP contribution in [0.1, 0.15) is 32.6 Å². The summed E-state index contributed by atoms with van der Waals surface area (Å²) in [4.78, 5) is 5.86. The molecule has 1 heterocycles. The largest absolute Gasteiger partial charge is 0.357 e. The lowest BCUT2D eigenvalue weighted by molar-refractivity contribution is 0.481. The molecule has 1 aromatic heterocycles. The summed E-state index contributed by atoms with van der Waals surface area (Å²) in [6, 6.07) is 2.53. The predicted molar refractivity (Wildman–Crippen MR) is 84.3 cm³/mol. The van der Waals surface area contributed by atoms with Gasteiger partial charge in [0.15, 0.2) is 5.96 Å². The van der Waals surface area contributed by atoms with Gasteiger partial charge in [-0.05, 0) is 41.8 Å². The Kier molecular flexibility index (Phi) is 6.71. The van der Waals surface area contributed by atoms with E-state index < -0.39 is 0 Å². The minimum Gasteiger partial charge on any atom is -0.357 e. The number of halogens is 1. The minimum absolute atomic E-state index is 0.415. The van der Waals surface area contributed by atoms with Crippen LogP contribution in [-0.4, -0.2) is 18.5 Å². The van der Waals surface area contributed by atoms with Crippen LogP contribution in [0, 0.1) is 5.92 Å². The Labute approximate surface area is 122 Å². The first kappa shape index (κ1) is 15.5. The fraction of sp³-hybridized carbons (Fsp3) is 0.615. The molecular formula is C13H22BrN3S. The third kappa shape index (κ3) is 5.40. The first-order valence-corrected chi connectivity index (χ1v) is 7.98. The standard InChI is InChI=1S/C13H22BrN3S/c1-5-15-13(17-10(4)9(2)3)16-7-12-6-11(14)8-18-12/h6,8-10H,5,7H2,1-4H3,(H2,15,16,17). The number of rotatable bonds is 5. The van der Waals surface area contributed by atoms with Crippen LogP contribution in [-0.2, 0) is 6.54 Å². The Bertz CT molecular complexity index is 387. The average molecular weight is 332 g/mol. The van der Waals surface area contributed by atoms with Crippen molar-refractivity contribution in [3.05, 3.63) is 20.8 Å². The van der Waals surface area contributed by atoms with Crippen molar-refractivity contribution in [1.29, 1.82) is 0 Å². The maximum Gasteiger partial charge on any atom is 0.191 e. The van der Waals surface area contributed by atoms with Gasteiger partial charge >= 0.3 is 0 Å². The fourth-order valence-electron chi connectivity index (χ4n) is 1.30. The Morgan fingerprint density at radius 1 is 1.44 bits per heavy atom. The first-order chi connectivity index (χ1) is 8.52. The summed E-state index contributed by atoms with van der Waals surface area (Å²) in [7, 11) is 0. The molecule has 102 valence electrons. The fourth-order valence-corrected chi connectivity index (χ4v) is 2.67. The SMILES string of the molecule is CCNC(=NCc1cc(Br)cs1)NC(C)C(C)C. The van der Waals surface area contributed by atoms with Gasteiger partial charge in [-0.15, -0.1) is 11.3 Å². The van der Waals surface area contributed by atoms with Crippen LogP contribution in [0.25, 0.3) is 0 Å². The zero-order chi connectivity index (χ0) is 13.5. The molecule has 0 spiro atoms. The number of nitrogens with one attached hydrogen (secondary N) is 2. The van der Waals surface area contributed by atoms with Crippen molar-refractivity contribution >= 4 is 33.2 Å². The Morgan fingerprint density at radius 3 is 2.67 bits per heavy atom. The molecule has 0 aliphatic carbocycles. The molecule has 0 aromatic carbocycles. The van der Waals surface area contributed by atoms with E-state index in [-0.39, 0.29) is 0 Å². The number of nitrogens with zero attached hydrogens (tertiary/aromatic N) is 1. The van der Waals surface area contributed by atoms with Gasteiger partial charge in [0.05, 0.1) is 6.54 Å². The van der Waals surface area contributed by atoms with Crippen molar-refractivity contribution < 1.29 is 0 Å². The molecule has 0 aliphatic heterocycles. The summed E-state index contributed by atoms with van der Waals surface area (Å²) in [5.74, 6) is 1.48. The van der Waals surface area contributed by atoms with Crippen LogP contribution in [0.15, 0.2) is 20.9 Å². The highest BCUT2D eigenvalue weighted by Crippen LogP contribution is 2.20. The number of hydrogen-bond donors (Lipinski definition) is 2. The van der Waals surface area contributed by atoms with Crippen molar-refractivity contribution in [2.45, 2.75) is 40.3 Å². The van der Waals surface area contributed by atoms with E-state index in [1.807, 2.05) is 0 Å². The highest BCUT2D eigenvalue weighted by Gasteiger charge is 2.08. The molecule has 0 amide bonds. The van der Waals surface area contributed by atoms with Crippen molar-refractivity contribution in [3.63, 3.8) is 0 Å². The third-order valence-electron chi connectivity index (χ3n) is 2.72. The van der Waals surface area contributed by atoms with Crippen LogP contribution in [0.5, 0.6) is 0 Å². The smallest absolute Gasteiger partial charge is 0.191 e. The van der Waals surface area contributed by atoms with Gasteiger partial charge in [0.25, 0.3) is 0 Å². The predicted octanol–water partition coefficient (Wildman–Crippen LogP) is 3.61. The normalized spacial score (nSPS) is 13.8. The van der Waals surface area contributed by atoms with Crippen LogP contribution < -0.4 is 10.6 Å². The Hall–Kier alpha value is -0.550. The summed E-state index contributed by atoms with van der Waals surface area (Å²) >= 11 is 5.19. The highest BCUT2D eigenvalue weighted by molar-refractivity contribution is 9.10. The van der Waals surface area contributed by atoms with Crippen molar-refractivity contribution in [2.24, 2.45) is 10.9 Å². The lowest BCUT2D eigenvalue weighted by atomic mass is 10.1. The maximum atomic E-state index is 4.60. The summed E-state index contributed by atoms with van der Waals surface area (Å²) in [6.07, 6.45) is 0. The zero-order valence-electron chi connectivity index (χ0n) is 11.5. The van der Waals surface area contributed by atoms with Gasteiger partial charge in [-0.3, -0.25) is 0 Å². The quantitative estimate of drug-likeness (QED) is 0.638. The highest BCUT2D eigenvalue weighted by atomic mass is 79.9. The van der Waals surface area contributed by atoms with Gasteiger partial charge in [-0.1, -0.05) is 13.8 Å². The lowest BCUT2D eigenvalue weighted by Crippen LogP contribution is -2.44. The number of thiophene rings is 1. The first-order valence-electron chi connectivity index (χ1n) is 6.30. The topological polar surface area (TPSA) is 36.4 Å². The maximum absolute atomic E-state index is 4.60. The molecule has 0 aliphatic rings. The second-order valence-electron chi connectivity index (χ2n) is 4.60. The molecule has 2 N–H and O–H groups in total. The van der Waals surface area contributed by atoms with E-state index in [9.17, 15) is 0 Å². The van der Waals surface area contributed by atoms with Gasteiger partial charge in [0.1, 0.15) is 0 Å². The van der Waals surface area contributed by atoms with Crippen LogP contribution in [0.2, 0.25) is 0 Å². The molecule has 0 bridgehead atoms. The molecule has 0 saturated heterocycles. The van der Waals surface area contributed by atoms with E-state index in [0.29, 0.717) is 12.0 Å². The van der Waals surface area contributed by atoms with Gasteiger partial charge in [0.2, 0.25) is 0 Å². The third-order valence-corrected chi connectivity index (χ3v) is 4.41. The van der Waals surface area contributed by atoms with Crippen LogP contribution >= 0.6 is 27.3 Å². The van der Waals surface area contributed by atoms with Crippen molar-refractivity contribution in [1.82, 2.24) is 10.6 Å². The second-order valence-corrected chi connectivity index (χ2v) is 6.51. The molecule has 3 nitrogen and oxygen atoms in total. The van der Waals surface area contributed by atoms with Crippen molar-refractivity contribution in [3.8, 4) is 0 Å². The molecule has 1 aromatic rings. The second kappa shape index (κ2) is 7.79. The Morgan fingerprint density at radius 2 is 2.17 bits per heavy atom. The van der Waals surface area contributed by atoms with E-state index in [4.69, 9.17) is 0 Å². The molecule has 1 unspecified atom stereocenters. The summed E-state index contributed by atoms with van der Waals surface area (Å²) in [6.45, 7) is 10.3. The summed E-state index contributed by atoms with van der Waals surface area (Å²) < 4.78 is 1.13. The summed E-state index contributed by atoms with van der Waals surface area (Å²) in [5.41, 5.74) is 0. The molecule has 0 radical (unpaired) electrons. The van der Waals surface area contributed by atoms with E-state index >= 15 is 0 Å². The van der Waals surface area contributed by atoms with E-state index in [2.05, 4.69) is 70.7 Å². The van der Waals surface area contributed by atoms with Gasteiger partial charge < -0.3 is 10.6 Å². The minimum atomic E-state index is 0.415. The van der Waals surface area contributed by atoms with Crippen LogP contribution in [0.3, 0.4) is 0 Å². The molecule has 5 heteroatoms. The van der Waals surface area contributed by atoms with E-state index in [1.54, 1.807) is 11.3 Å². The average Bonchev–Trinajstić information content (AvgIpc) is 2.72. The number of aliphatic imine (C=N–C) groups is 1. The molecule has 0 fully saturated rings. The lowest BCUT2D eigenvalue weighted by Gasteiger charge is -2.20. The van der Waals surface area contributed by atoms with E-state index in [1.165, 1.54) is 4.88 Å². The molecule has 1 atom stereocenters. The van der Waals surface area contributed by atoms with Gasteiger partial charge in [-0.2, -0.15) is 0 Å². The zero-order valence-corrected chi connectivity index (χ0v) is 13.9. The van der Waals surface area contributed by atoms with Gasteiger partial charge in [-0.25, -0.2) is 4.99 Å². The number of hydrogen-bond acceptors (Lipinski definition) is 2. The molecular weight excluding hydrogens is 310 g/mol. The van der Waals surface area contributed by atoms with Gasteiger partial charge in [0, 0.05) is 27.3 Å². The number of guanidine groups is 1. The van der Waals surface area contributed by atoms with E-state index in [0.717, 1.165) is 23.5 Å².